The average Bonchev–Trinajstić information content (AvgIpc) is 2.99. The summed E-state index contributed by atoms with van der Waals surface area (Å²) in [5.41, 5.74) is 5.39. The number of hydrogen-bond donors (Lipinski definition) is 2. The number of rotatable bonds is 5. The van der Waals surface area contributed by atoms with Gasteiger partial charge in [0, 0.05) is 45.6 Å². The number of halogens is 1. The van der Waals surface area contributed by atoms with Crippen molar-refractivity contribution in [1.29, 1.82) is 0 Å². The maximum absolute atomic E-state index is 11.3. The van der Waals surface area contributed by atoms with Gasteiger partial charge in [-0.05, 0) is 44.9 Å². The van der Waals surface area contributed by atoms with E-state index >= 15 is 0 Å². The summed E-state index contributed by atoms with van der Waals surface area (Å²) in [6, 6.07) is 0. The van der Waals surface area contributed by atoms with E-state index < -0.39 is 0 Å². The van der Waals surface area contributed by atoms with Crippen molar-refractivity contribution < 1.29 is 4.79 Å². The molecule has 1 aromatic heterocycles. The van der Waals surface area contributed by atoms with E-state index in [4.69, 9.17) is 10.7 Å². The fourth-order valence-corrected chi connectivity index (χ4v) is 4.03. The lowest BCUT2D eigenvalue weighted by Gasteiger charge is -2.35. The number of carbonyl (C=O) groups is 1. The molecule has 2 unspecified atom stereocenters. The molecule has 1 amide bonds. The maximum atomic E-state index is 11.3. The van der Waals surface area contributed by atoms with Crippen LogP contribution in [0.25, 0.3) is 0 Å². The SMILES string of the molecule is CCNC(=NCC1CCc2nnc(C)n2C1)N1CCCC(CC(N)=O)C1.I. The molecule has 1 fully saturated rings. The molecule has 0 saturated carbocycles. The summed E-state index contributed by atoms with van der Waals surface area (Å²) in [7, 11) is 0. The summed E-state index contributed by atoms with van der Waals surface area (Å²) >= 11 is 0. The number of nitrogens with zero attached hydrogens (tertiary/aromatic N) is 5. The number of guanidine groups is 1. The summed E-state index contributed by atoms with van der Waals surface area (Å²) in [5, 5.41) is 11.8. The number of nitrogens with one attached hydrogen (secondary N) is 1. The van der Waals surface area contributed by atoms with Crippen LogP contribution in [0.1, 0.15) is 44.3 Å². The average molecular weight is 489 g/mol. The van der Waals surface area contributed by atoms with E-state index in [9.17, 15) is 4.79 Å². The summed E-state index contributed by atoms with van der Waals surface area (Å²) in [5.74, 6) is 3.69. The Balaban J connectivity index is 0.00000261. The number of carbonyl (C=O) groups excluding carboxylic acids is 1. The smallest absolute Gasteiger partial charge is 0.217 e. The number of fused-ring (bicyclic) bond motifs is 1. The largest absolute Gasteiger partial charge is 0.370 e. The van der Waals surface area contributed by atoms with Gasteiger partial charge < -0.3 is 20.5 Å². The number of aliphatic imine (C=N–C) groups is 1. The molecule has 0 aliphatic carbocycles. The Hall–Kier alpha value is -1.39. The Morgan fingerprint density at radius 1 is 1.30 bits per heavy atom. The number of piperidine rings is 1. The van der Waals surface area contributed by atoms with Crippen LogP contribution in [0, 0.1) is 18.8 Å². The van der Waals surface area contributed by atoms with Gasteiger partial charge in [-0.15, -0.1) is 34.2 Å². The quantitative estimate of drug-likeness (QED) is 0.369. The van der Waals surface area contributed by atoms with Gasteiger partial charge in [-0.2, -0.15) is 0 Å². The lowest BCUT2D eigenvalue weighted by Crippen LogP contribution is -2.47. The van der Waals surface area contributed by atoms with Crippen molar-refractivity contribution in [3.63, 3.8) is 0 Å². The van der Waals surface area contributed by atoms with E-state index in [1.807, 2.05) is 6.92 Å². The first kappa shape index (κ1) is 21.9. The lowest BCUT2D eigenvalue weighted by atomic mass is 9.95. The first-order valence-corrected chi connectivity index (χ1v) is 9.77. The Labute approximate surface area is 178 Å². The Kier molecular flexibility index (Phi) is 8.30. The second-order valence-corrected chi connectivity index (χ2v) is 7.50. The number of likely N-dealkylation sites (tertiary alicyclic amines) is 1. The van der Waals surface area contributed by atoms with Gasteiger partial charge in [-0.1, -0.05) is 0 Å². The minimum atomic E-state index is -0.207. The van der Waals surface area contributed by atoms with E-state index in [0.29, 0.717) is 18.3 Å². The van der Waals surface area contributed by atoms with Crippen molar-refractivity contribution in [3.05, 3.63) is 11.6 Å². The summed E-state index contributed by atoms with van der Waals surface area (Å²) in [6.07, 6.45) is 4.69. The number of aryl methyl sites for hydroxylation is 2. The number of amides is 1. The zero-order valence-corrected chi connectivity index (χ0v) is 18.7. The predicted molar refractivity (Wildman–Crippen MR) is 116 cm³/mol. The second kappa shape index (κ2) is 10.2. The first-order chi connectivity index (χ1) is 12.6. The highest BCUT2D eigenvalue weighted by molar-refractivity contribution is 14.0. The summed E-state index contributed by atoms with van der Waals surface area (Å²) in [6.45, 7) is 8.54. The number of primary amides is 1. The second-order valence-electron chi connectivity index (χ2n) is 7.50. The third-order valence-corrected chi connectivity index (χ3v) is 5.37. The molecule has 3 N–H and O–H groups in total. The van der Waals surface area contributed by atoms with Crippen LogP contribution in [0.5, 0.6) is 0 Å². The molecule has 3 heterocycles. The van der Waals surface area contributed by atoms with E-state index in [0.717, 1.165) is 76.0 Å². The van der Waals surface area contributed by atoms with Crippen LogP contribution < -0.4 is 11.1 Å². The van der Waals surface area contributed by atoms with Crippen molar-refractivity contribution in [3.8, 4) is 0 Å². The zero-order chi connectivity index (χ0) is 18.5. The molecule has 2 aliphatic rings. The van der Waals surface area contributed by atoms with Crippen molar-refractivity contribution in [2.75, 3.05) is 26.2 Å². The molecular weight excluding hydrogens is 457 g/mol. The molecule has 0 bridgehead atoms. The van der Waals surface area contributed by atoms with Crippen LogP contribution >= 0.6 is 24.0 Å². The Bertz CT molecular complexity index is 660. The van der Waals surface area contributed by atoms with Gasteiger partial charge in [0.15, 0.2) is 5.96 Å². The fourth-order valence-electron chi connectivity index (χ4n) is 4.03. The van der Waals surface area contributed by atoms with Crippen LogP contribution in [0.3, 0.4) is 0 Å². The Morgan fingerprint density at radius 3 is 2.85 bits per heavy atom. The third kappa shape index (κ3) is 5.79. The van der Waals surface area contributed by atoms with Gasteiger partial charge in [0.05, 0.1) is 0 Å². The molecule has 2 atom stereocenters. The fraction of sp³-hybridized carbons (Fsp3) is 0.778. The lowest BCUT2D eigenvalue weighted by molar-refractivity contribution is -0.119. The van der Waals surface area contributed by atoms with Gasteiger partial charge in [-0.3, -0.25) is 9.79 Å². The molecule has 152 valence electrons. The minimum absolute atomic E-state index is 0. The normalized spacial score (nSPS) is 22.7. The predicted octanol–water partition coefficient (Wildman–Crippen LogP) is 1.32. The maximum Gasteiger partial charge on any atom is 0.217 e. The van der Waals surface area contributed by atoms with Crippen LogP contribution in [0.15, 0.2) is 4.99 Å². The molecule has 0 spiro atoms. The van der Waals surface area contributed by atoms with Gasteiger partial charge in [0.2, 0.25) is 5.91 Å². The summed E-state index contributed by atoms with van der Waals surface area (Å²) in [4.78, 5) is 18.5. The van der Waals surface area contributed by atoms with Gasteiger partial charge in [-0.25, -0.2) is 0 Å². The number of nitrogens with two attached hydrogens (primary N) is 1. The molecule has 9 heteroatoms. The van der Waals surface area contributed by atoms with Crippen LogP contribution in [-0.4, -0.2) is 57.7 Å². The van der Waals surface area contributed by atoms with E-state index in [1.54, 1.807) is 0 Å². The topological polar surface area (TPSA) is 101 Å². The molecule has 1 aromatic rings. The van der Waals surface area contributed by atoms with E-state index in [-0.39, 0.29) is 29.9 Å². The van der Waals surface area contributed by atoms with Crippen molar-refractivity contribution in [2.24, 2.45) is 22.6 Å². The van der Waals surface area contributed by atoms with Gasteiger partial charge in [0.1, 0.15) is 11.6 Å². The molecule has 0 radical (unpaired) electrons. The summed E-state index contributed by atoms with van der Waals surface area (Å²) < 4.78 is 2.22. The van der Waals surface area contributed by atoms with E-state index in [1.165, 1.54) is 0 Å². The highest BCUT2D eigenvalue weighted by Gasteiger charge is 2.25. The monoisotopic (exact) mass is 489 g/mol. The van der Waals surface area contributed by atoms with E-state index in [2.05, 4.69) is 31.9 Å². The van der Waals surface area contributed by atoms with Crippen LogP contribution in [0.2, 0.25) is 0 Å². The standard InChI is InChI=1S/C18H31N7O.HI/c1-3-20-18(24-8-4-5-14(11-24)9-16(19)26)21-10-15-6-7-17-23-22-13(2)25(17)12-15;/h14-15H,3-12H2,1-2H3,(H2,19,26)(H,20,21);1H. The molecule has 27 heavy (non-hydrogen) atoms. The van der Waals surface area contributed by atoms with Gasteiger partial charge >= 0.3 is 0 Å². The molecule has 1 saturated heterocycles. The molecular formula is C18H32IN7O. The molecule has 2 aliphatic heterocycles. The zero-order valence-electron chi connectivity index (χ0n) is 16.4. The van der Waals surface area contributed by atoms with Crippen LogP contribution in [0.4, 0.5) is 0 Å². The third-order valence-electron chi connectivity index (χ3n) is 5.37. The highest BCUT2D eigenvalue weighted by Crippen LogP contribution is 2.22. The Morgan fingerprint density at radius 2 is 2.11 bits per heavy atom. The first-order valence-electron chi connectivity index (χ1n) is 9.77. The van der Waals surface area contributed by atoms with Crippen LogP contribution in [-0.2, 0) is 17.8 Å². The van der Waals surface area contributed by atoms with Crippen molar-refractivity contribution in [2.45, 2.75) is 52.5 Å². The minimum Gasteiger partial charge on any atom is -0.370 e. The molecule has 3 rings (SSSR count). The molecule has 8 nitrogen and oxygen atoms in total. The van der Waals surface area contributed by atoms with Crippen molar-refractivity contribution >= 4 is 35.8 Å². The number of aromatic nitrogens is 3. The highest BCUT2D eigenvalue weighted by atomic mass is 127. The van der Waals surface area contributed by atoms with Crippen molar-refractivity contribution in [1.82, 2.24) is 25.0 Å². The van der Waals surface area contributed by atoms with Gasteiger partial charge in [0.25, 0.3) is 0 Å². The molecule has 0 aromatic carbocycles. The number of hydrogen-bond acceptors (Lipinski definition) is 4.